The van der Waals surface area contributed by atoms with Crippen molar-refractivity contribution in [2.75, 3.05) is 13.1 Å². The SMILES string of the molecule is O=C(NCCc1ccc(Cl)cc1)C1CCC(CNC(O)(O)c2ccc(Cl)cc2)CC1. The molecule has 1 aliphatic rings. The number of hydrogen-bond acceptors (Lipinski definition) is 4. The van der Waals surface area contributed by atoms with E-state index in [1.165, 1.54) is 0 Å². The summed E-state index contributed by atoms with van der Waals surface area (Å²) in [6.45, 7) is 1.08. The van der Waals surface area contributed by atoms with Crippen molar-refractivity contribution in [3.8, 4) is 0 Å². The molecular weight excluding hydrogens is 423 g/mol. The summed E-state index contributed by atoms with van der Waals surface area (Å²) in [5.74, 6) is -1.67. The van der Waals surface area contributed by atoms with E-state index in [0.29, 0.717) is 34.6 Å². The Hall–Kier alpha value is -1.63. The van der Waals surface area contributed by atoms with Crippen molar-refractivity contribution in [3.05, 3.63) is 69.7 Å². The molecule has 0 aliphatic heterocycles. The number of amides is 1. The van der Waals surface area contributed by atoms with E-state index in [4.69, 9.17) is 23.2 Å². The molecule has 0 bridgehead atoms. The van der Waals surface area contributed by atoms with Crippen molar-refractivity contribution in [1.29, 1.82) is 0 Å². The molecule has 0 radical (unpaired) electrons. The minimum atomic E-state index is -2.10. The summed E-state index contributed by atoms with van der Waals surface area (Å²) >= 11 is 11.7. The van der Waals surface area contributed by atoms with Crippen LogP contribution in [-0.2, 0) is 17.1 Å². The smallest absolute Gasteiger partial charge is 0.250 e. The number of carbonyl (C=O) groups excluding carboxylic acids is 1. The number of nitrogens with one attached hydrogen (secondary N) is 2. The van der Waals surface area contributed by atoms with Gasteiger partial charge in [0.25, 0.3) is 5.91 Å². The molecule has 0 heterocycles. The average Bonchev–Trinajstić information content (AvgIpc) is 2.74. The van der Waals surface area contributed by atoms with E-state index in [9.17, 15) is 15.0 Å². The molecular formula is C23H28Cl2N2O3. The zero-order valence-corrected chi connectivity index (χ0v) is 18.3. The van der Waals surface area contributed by atoms with Gasteiger partial charge in [0.1, 0.15) is 0 Å². The van der Waals surface area contributed by atoms with Crippen LogP contribution in [0.2, 0.25) is 10.0 Å². The zero-order valence-electron chi connectivity index (χ0n) is 16.8. The van der Waals surface area contributed by atoms with Gasteiger partial charge in [0.2, 0.25) is 5.91 Å². The predicted octanol–water partition coefficient (Wildman–Crippen LogP) is 3.84. The second-order valence-corrected chi connectivity index (χ2v) is 8.82. The number of rotatable bonds is 8. The van der Waals surface area contributed by atoms with Gasteiger partial charge in [-0.3, -0.25) is 10.1 Å². The van der Waals surface area contributed by atoms with Gasteiger partial charge in [0.15, 0.2) is 0 Å². The molecule has 3 rings (SSSR count). The third-order valence-electron chi connectivity index (χ3n) is 5.73. The molecule has 0 unspecified atom stereocenters. The highest BCUT2D eigenvalue weighted by atomic mass is 35.5. The fourth-order valence-electron chi connectivity index (χ4n) is 3.83. The van der Waals surface area contributed by atoms with Crippen LogP contribution in [-0.4, -0.2) is 29.2 Å². The first-order valence-electron chi connectivity index (χ1n) is 10.3. The number of halogens is 2. The Morgan fingerprint density at radius 2 is 1.50 bits per heavy atom. The van der Waals surface area contributed by atoms with Gasteiger partial charge in [-0.15, -0.1) is 0 Å². The number of benzene rings is 2. The molecule has 1 aliphatic carbocycles. The summed E-state index contributed by atoms with van der Waals surface area (Å²) in [5.41, 5.74) is 1.49. The van der Waals surface area contributed by atoms with Crippen LogP contribution >= 0.6 is 23.2 Å². The first kappa shape index (κ1) is 23.0. The van der Waals surface area contributed by atoms with Gasteiger partial charge in [-0.2, -0.15) is 0 Å². The van der Waals surface area contributed by atoms with Crippen molar-refractivity contribution in [2.24, 2.45) is 11.8 Å². The molecule has 0 aromatic heterocycles. The second-order valence-electron chi connectivity index (χ2n) is 7.95. The Kier molecular flexibility index (Phi) is 8.14. The first-order valence-corrected chi connectivity index (χ1v) is 11.1. The molecule has 0 atom stereocenters. The van der Waals surface area contributed by atoms with Crippen LogP contribution in [0, 0.1) is 11.8 Å². The van der Waals surface area contributed by atoms with Crippen LogP contribution in [0.25, 0.3) is 0 Å². The molecule has 7 heteroatoms. The summed E-state index contributed by atoms with van der Waals surface area (Å²) < 4.78 is 0. The van der Waals surface area contributed by atoms with Crippen LogP contribution in [0.5, 0.6) is 0 Å². The van der Waals surface area contributed by atoms with E-state index < -0.39 is 5.91 Å². The fourth-order valence-corrected chi connectivity index (χ4v) is 4.08. The van der Waals surface area contributed by atoms with Gasteiger partial charge in [-0.05, 0) is 67.9 Å². The second kappa shape index (κ2) is 10.6. The maximum Gasteiger partial charge on any atom is 0.250 e. The highest BCUT2D eigenvalue weighted by molar-refractivity contribution is 6.30. The molecule has 1 amide bonds. The summed E-state index contributed by atoms with van der Waals surface area (Å²) in [6, 6.07) is 14.1. The summed E-state index contributed by atoms with van der Waals surface area (Å²) in [6.07, 6.45) is 4.15. The molecule has 0 saturated heterocycles. The normalized spacial score (nSPS) is 19.5. The van der Waals surface area contributed by atoms with Crippen LogP contribution < -0.4 is 10.6 Å². The molecule has 162 valence electrons. The molecule has 4 N–H and O–H groups in total. The van der Waals surface area contributed by atoms with Crippen molar-refractivity contribution in [1.82, 2.24) is 10.6 Å². The van der Waals surface area contributed by atoms with Crippen LogP contribution in [0.4, 0.5) is 0 Å². The molecule has 5 nitrogen and oxygen atoms in total. The monoisotopic (exact) mass is 450 g/mol. The van der Waals surface area contributed by atoms with E-state index in [0.717, 1.165) is 37.7 Å². The standard InChI is InChI=1S/C23H28Cl2N2O3/c24-20-9-3-16(4-10-20)13-14-26-22(28)18-5-1-17(2-6-18)15-27-23(29,30)19-7-11-21(25)12-8-19/h3-4,7-12,17-18,27,29-30H,1-2,5-6,13-15H2,(H,26,28). The quantitative estimate of drug-likeness (QED) is 0.460. The van der Waals surface area contributed by atoms with Crippen LogP contribution in [0.1, 0.15) is 36.8 Å². The Morgan fingerprint density at radius 3 is 2.10 bits per heavy atom. The number of hydrogen-bond donors (Lipinski definition) is 4. The third kappa shape index (κ3) is 6.69. The van der Waals surface area contributed by atoms with Crippen molar-refractivity contribution >= 4 is 29.1 Å². The predicted molar refractivity (Wildman–Crippen MR) is 119 cm³/mol. The Bertz CT molecular complexity index is 817. The van der Waals surface area contributed by atoms with Gasteiger partial charge in [-0.25, -0.2) is 0 Å². The topological polar surface area (TPSA) is 81.6 Å². The number of carbonyl (C=O) groups is 1. The molecule has 1 fully saturated rings. The van der Waals surface area contributed by atoms with E-state index in [1.807, 2.05) is 24.3 Å². The lowest BCUT2D eigenvalue weighted by atomic mass is 9.81. The van der Waals surface area contributed by atoms with Gasteiger partial charge in [0, 0.05) is 34.6 Å². The maximum absolute atomic E-state index is 12.4. The minimum absolute atomic E-state index is 0.0238. The first-order chi connectivity index (χ1) is 14.3. The average molecular weight is 451 g/mol. The Labute approximate surface area is 187 Å². The molecule has 1 saturated carbocycles. The Balaban J connectivity index is 1.37. The number of aliphatic hydroxyl groups is 2. The van der Waals surface area contributed by atoms with E-state index in [1.54, 1.807) is 24.3 Å². The summed E-state index contributed by atoms with van der Waals surface area (Å²) in [5, 5.41) is 27.7. The molecule has 2 aromatic rings. The summed E-state index contributed by atoms with van der Waals surface area (Å²) in [4.78, 5) is 12.4. The van der Waals surface area contributed by atoms with Crippen molar-refractivity contribution in [3.63, 3.8) is 0 Å². The van der Waals surface area contributed by atoms with Crippen molar-refractivity contribution in [2.45, 2.75) is 38.0 Å². The van der Waals surface area contributed by atoms with Gasteiger partial charge >= 0.3 is 0 Å². The van der Waals surface area contributed by atoms with Gasteiger partial charge in [-0.1, -0.05) is 47.5 Å². The zero-order chi connectivity index (χ0) is 21.6. The largest absolute Gasteiger partial charge is 0.356 e. The maximum atomic E-state index is 12.4. The van der Waals surface area contributed by atoms with Crippen LogP contribution in [0.3, 0.4) is 0 Å². The molecule has 30 heavy (non-hydrogen) atoms. The summed E-state index contributed by atoms with van der Waals surface area (Å²) in [7, 11) is 0. The lowest BCUT2D eigenvalue weighted by molar-refractivity contribution is -0.196. The highest BCUT2D eigenvalue weighted by Gasteiger charge is 2.30. The molecule has 0 spiro atoms. The fraction of sp³-hybridized carbons (Fsp3) is 0.435. The molecule has 2 aromatic carbocycles. The third-order valence-corrected chi connectivity index (χ3v) is 6.23. The van der Waals surface area contributed by atoms with E-state index in [-0.39, 0.29) is 11.8 Å². The minimum Gasteiger partial charge on any atom is -0.356 e. The Morgan fingerprint density at radius 1 is 0.933 bits per heavy atom. The lowest BCUT2D eigenvalue weighted by Gasteiger charge is -2.31. The van der Waals surface area contributed by atoms with Gasteiger partial charge in [0.05, 0.1) is 0 Å². The van der Waals surface area contributed by atoms with E-state index in [2.05, 4.69) is 10.6 Å². The highest BCUT2D eigenvalue weighted by Crippen LogP contribution is 2.29. The van der Waals surface area contributed by atoms with Crippen LogP contribution in [0.15, 0.2) is 48.5 Å². The van der Waals surface area contributed by atoms with Crippen molar-refractivity contribution < 1.29 is 15.0 Å². The van der Waals surface area contributed by atoms with E-state index >= 15 is 0 Å². The lowest BCUT2D eigenvalue weighted by Crippen LogP contribution is -2.45. The van der Waals surface area contributed by atoms with Gasteiger partial charge < -0.3 is 15.5 Å².